The lowest BCUT2D eigenvalue weighted by Crippen LogP contribution is -2.14. The Labute approximate surface area is 131 Å². The molecule has 0 aliphatic rings. The second-order valence-electron chi connectivity index (χ2n) is 4.48. The van der Waals surface area contributed by atoms with Crippen LogP contribution in [0.3, 0.4) is 0 Å². The van der Waals surface area contributed by atoms with Crippen molar-refractivity contribution in [2.75, 3.05) is 17.3 Å². The average Bonchev–Trinajstić information content (AvgIpc) is 2.41. The Kier molecular flexibility index (Phi) is 4.34. The predicted octanol–water partition coefficient (Wildman–Crippen LogP) is 2.69. The van der Waals surface area contributed by atoms with Gasteiger partial charge in [-0.1, -0.05) is 15.9 Å². The van der Waals surface area contributed by atoms with Gasteiger partial charge in [0.2, 0.25) is 0 Å². The Bertz CT molecular complexity index is 786. The van der Waals surface area contributed by atoms with Gasteiger partial charge >= 0.3 is 0 Å². The molecule has 2 aromatic rings. The van der Waals surface area contributed by atoms with Gasteiger partial charge in [0.1, 0.15) is 0 Å². The van der Waals surface area contributed by atoms with Crippen LogP contribution in [0.1, 0.15) is 10.4 Å². The number of carbonyl (C=O) groups is 1. The Morgan fingerprint density at radius 1 is 1.14 bits per heavy atom. The first-order valence-electron chi connectivity index (χ1n) is 5.94. The molecule has 0 aromatic heterocycles. The molecule has 0 radical (unpaired) electrons. The monoisotopic (exact) mass is 368 g/mol. The molecule has 0 heterocycles. The summed E-state index contributed by atoms with van der Waals surface area (Å²) in [6.07, 6.45) is 1.13. The van der Waals surface area contributed by atoms with E-state index in [4.69, 9.17) is 5.73 Å². The molecule has 0 aliphatic carbocycles. The second-order valence-corrected chi connectivity index (χ2v) is 7.41. The van der Waals surface area contributed by atoms with Gasteiger partial charge in [0.15, 0.2) is 9.84 Å². The summed E-state index contributed by atoms with van der Waals surface area (Å²) >= 11 is 3.28. The number of anilines is 2. The molecule has 3 N–H and O–H groups in total. The van der Waals surface area contributed by atoms with Crippen LogP contribution in [0.5, 0.6) is 0 Å². The molecular formula is C14H13BrN2O3S. The number of benzene rings is 2. The molecule has 0 aliphatic heterocycles. The SMILES string of the molecule is CS(=O)(=O)c1ccc(NC(=O)c2cc(Br)ccc2N)cc1. The van der Waals surface area contributed by atoms with Gasteiger partial charge in [-0.2, -0.15) is 0 Å². The third-order valence-electron chi connectivity index (χ3n) is 2.80. The van der Waals surface area contributed by atoms with Crippen LogP contribution < -0.4 is 11.1 Å². The summed E-state index contributed by atoms with van der Waals surface area (Å²) in [5, 5.41) is 2.67. The van der Waals surface area contributed by atoms with Crippen molar-refractivity contribution in [3.8, 4) is 0 Å². The quantitative estimate of drug-likeness (QED) is 0.815. The van der Waals surface area contributed by atoms with Crippen molar-refractivity contribution in [3.05, 3.63) is 52.5 Å². The van der Waals surface area contributed by atoms with Crippen LogP contribution in [0.2, 0.25) is 0 Å². The zero-order valence-electron chi connectivity index (χ0n) is 11.1. The molecular weight excluding hydrogens is 356 g/mol. The van der Waals surface area contributed by atoms with E-state index in [-0.39, 0.29) is 10.8 Å². The molecule has 0 saturated heterocycles. The number of nitrogens with one attached hydrogen (secondary N) is 1. The summed E-state index contributed by atoms with van der Waals surface area (Å²) in [6.45, 7) is 0. The third-order valence-corrected chi connectivity index (χ3v) is 4.42. The highest BCUT2D eigenvalue weighted by Gasteiger charge is 2.11. The number of nitrogen functional groups attached to an aromatic ring is 1. The fourth-order valence-electron chi connectivity index (χ4n) is 1.71. The summed E-state index contributed by atoms with van der Waals surface area (Å²) in [7, 11) is -3.25. The van der Waals surface area contributed by atoms with Gasteiger partial charge in [0, 0.05) is 22.1 Å². The van der Waals surface area contributed by atoms with Crippen molar-refractivity contribution in [2.24, 2.45) is 0 Å². The first-order chi connectivity index (χ1) is 9.77. The maximum atomic E-state index is 12.1. The molecule has 0 spiro atoms. The van der Waals surface area contributed by atoms with Crippen LogP contribution in [-0.4, -0.2) is 20.6 Å². The smallest absolute Gasteiger partial charge is 0.257 e. The van der Waals surface area contributed by atoms with Crippen LogP contribution in [0, 0.1) is 0 Å². The highest BCUT2D eigenvalue weighted by Crippen LogP contribution is 2.20. The van der Waals surface area contributed by atoms with Crippen molar-refractivity contribution in [1.29, 1.82) is 0 Å². The van der Waals surface area contributed by atoms with E-state index < -0.39 is 9.84 Å². The van der Waals surface area contributed by atoms with Gasteiger partial charge in [-0.25, -0.2) is 8.42 Å². The van der Waals surface area contributed by atoms with E-state index in [0.717, 1.165) is 10.7 Å². The van der Waals surface area contributed by atoms with E-state index in [1.165, 1.54) is 24.3 Å². The standard InChI is InChI=1S/C14H13BrN2O3S/c1-21(19,20)11-5-3-10(4-6-11)17-14(18)12-8-9(15)2-7-13(12)16/h2-8H,16H2,1H3,(H,17,18). The zero-order chi connectivity index (χ0) is 15.6. The molecule has 7 heteroatoms. The molecule has 0 atom stereocenters. The number of carbonyl (C=O) groups excluding carboxylic acids is 1. The molecule has 2 aromatic carbocycles. The maximum absolute atomic E-state index is 12.1. The number of hydrogen-bond acceptors (Lipinski definition) is 4. The Morgan fingerprint density at radius 3 is 2.33 bits per heavy atom. The van der Waals surface area contributed by atoms with E-state index in [9.17, 15) is 13.2 Å². The zero-order valence-corrected chi connectivity index (χ0v) is 13.5. The van der Waals surface area contributed by atoms with E-state index in [1.807, 2.05) is 0 Å². The molecule has 110 valence electrons. The summed E-state index contributed by atoms with van der Waals surface area (Å²) in [6, 6.07) is 10.9. The van der Waals surface area contributed by atoms with E-state index >= 15 is 0 Å². The molecule has 5 nitrogen and oxygen atoms in total. The number of sulfone groups is 1. The topological polar surface area (TPSA) is 89.3 Å². The summed E-state index contributed by atoms with van der Waals surface area (Å²) in [4.78, 5) is 12.3. The molecule has 0 saturated carbocycles. The number of halogens is 1. The minimum Gasteiger partial charge on any atom is -0.398 e. The van der Waals surface area contributed by atoms with E-state index in [0.29, 0.717) is 16.9 Å². The van der Waals surface area contributed by atoms with Crippen LogP contribution >= 0.6 is 15.9 Å². The first-order valence-corrected chi connectivity index (χ1v) is 8.62. The van der Waals surface area contributed by atoms with Gasteiger partial charge in [0.05, 0.1) is 10.5 Å². The first kappa shape index (κ1) is 15.5. The number of amides is 1. The van der Waals surface area contributed by atoms with Crippen molar-refractivity contribution in [1.82, 2.24) is 0 Å². The van der Waals surface area contributed by atoms with Gasteiger partial charge in [-0.05, 0) is 42.5 Å². The lowest BCUT2D eigenvalue weighted by Gasteiger charge is -2.08. The lowest BCUT2D eigenvalue weighted by molar-refractivity contribution is 0.102. The number of hydrogen-bond donors (Lipinski definition) is 2. The van der Waals surface area contributed by atoms with Crippen molar-refractivity contribution in [3.63, 3.8) is 0 Å². The van der Waals surface area contributed by atoms with Gasteiger partial charge in [-0.3, -0.25) is 4.79 Å². The second kappa shape index (κ2) is 5.87. The fraction of sp³-hybridized carbons (Fsp3) is 0.0714. The highest BCUT2D eigenvalue weighted by atomic mass is 79.9. The Hall–Kier alpha value is -1.86. The van der Waals surface area contributed by atoms with Crippen LogP contribution in [0.25, 0.3) is 0 Å². The normalized spacial score (nSPS) is 11.1. The van der Waals surface area contributed by atoms with Crippen molar-refractivity contribution in [2.45, 2.75) is 4.90 Å². The number of rotatable bonds is 3. The maximum Gasteiger partial charge on any atom is 0.257 e. The van der Waals surface area contributed by atoms with Gasteiger partial charge < -0.3 is 11.1 Å². The summed E-state index contributed by atoms with van der Waals surface area (Å²) < 4.78 is 23.5. The van der Waals surface area contributed by atoms with Gasteiger partial charge in [0.25, 0.3) is 5.91 Å². The minimum absolute atomic E-state index is 0.197. The predicted molar refractivity (Wildman–Crippen MR) is 86.1 cm³/mol. The van der Waals surface area contributed by atoms with Crippen LogP contribution in [0.4, 0.5) is 11.4 Å². The lowest BCUT2D eigenvalue weighted by atomic mass is 10.1. The Morgan fingerprint density at radius 2 is 1.76 bits per heavy atom. The minimum atomic E-state index is -3.25. The van der Waals surface area contributed by atoms with E-state index in [1.54, 1.807) is 18.2 Å². The molecule has 21 heavy (non-hydrogen) atoms. The summed E-state index contributed by atoms with van der Waals surface area (Å²) in [5.74, 6) is -0.360. The van der Waals surface area contributed by atoms with E-state index in [2.05, 4.69) is 21.2 Å². The number of nitrogens with two attached hydrogens (primary N) is 1. The van der Waals surface area contributed by atoms with Crippen molar-refractivity contribution < 1.29 is 13.2 Å². The third kappa shape index (κ3) is 3.83. The average molecular weight is 369 g/mol. The molecule has 0 fully saturated rings. The largest absolute Gasteiger partial charge is 0.398 e. The fourth-order valence-corrected chi connectivity index (χ4v) is 2.70. The molecule has 0 unspecified atom stereocenters. The highest BCUT2D eigenvalue weighted by molar-refractivity contribution is 9.10. The Balaban J connectivity index is 2.22. The molecule has 2 rings (SSSR count). The molecule has 1 amide bonds. The van der Waals surface area contributed by atoms with Crippen LogP contribution in [-0.2, 0) is 9.84 Å². The van der Waals surface area contributed by atoms with Gasteiger partial charge in [-0.15, -0.1) is 0 Å². The summed E-state index contributed by atoms with van der Waals surface area (Å²) in [5.41, 5.74) is 6.96. The molecule has 0 bridgehead atoms. The van der Waals surface area contributed by atoms with Crippen LogP contribution in [0.15, 0.2) is 51.8 Å². The van der Waals surface area contributed by atoms with Crippen molar-refractivity contribution >= 4 is 43.0 Å².